The van der Waals surface area contributed by atoms with Crippen molar-refractivity contribution in [2.24, 2.45) is 0 Å². The Bertz CT molecular complexity index is 743. The average molecular weight is 314 g/mol. The van der Waals surface area contributed by atoms with Crippen molar-refractivity contribution in [2.75, 3.05) is 0 Å². The maximum Gasteiger partial charge on any atom is 0.275 e. The van der Waals surface area contributed by atoms with Gasteiger partial charge >= 0.3 is 0 Å². The quantitative estimate of drug-likeness (QED) is 0.496. The van der Waals surface area contributed by atoms with Gasteiger partial charge in [0.2, 0.25) is 0 Å². The summed E-state index contributed by atoms with van der Waals surface area (Å²) in [6, 6.07) is 5.46. The van der Waals surface area contributed by atoms with E-state index in [0.717, 1.165) is 6.07 Å². The molecule has 0 N–H and O–H groups in total. The number of hydrogen-bond acceptors (Lipinski definition) is 4. The van der Waals surface area contributed by atoms with Crippen LogP contribution < -0.4 is 5.56 Å². The van der Waals surface area contributed by atoms with Gasteiger partial charge < -0.3 is 0 Å². The highest BCUT2D eigenvalue weighted by Crippen LogP contribution is 2.23. The summed E-state index contributed by atoms with van der Waals surface area (Å²) < 4.78 is 1.31. The van der Waals surface area contributed by atoms with Crippen LogP contribution in [0.5, 0.6) is 0 Å². The van der Waals surface area contributed by atoms with E-state index in [1.807, 2.05) is 0 Å². The van der Waals surface area contributed by atoms with Crippen molar-refractivity contribution in [1.29, 1.82) is 0 Å². The predicted molar refractivity (Wildman–Crippen MR) is 75.5 cm³/mol. The third kappa shape index (κ3) is 2.97. The van der Waals surface area contributed by atoms with E-state index in [1.165, 1.54) is 22.8 Å². The molecule has 1 heterocycles. The van der Waals surface area contributed by atoms with Crippen molar-refractivity contribution in [3.8, 4) is 0 Å². The molecule has 1 aromatic carbocycles. The first-order valence-electron chi connectivity index (χ1n) is 5.55. The highest BCUT2D eigenvalue weighted by molar-refractivity contribution is 6.30. The molecule has 0 atom stereocenters. The summed E-state index contributed by atoms with van der Waals surface area (Å²) in [6.07, 6.45) is 0. The van der Waals surface area contributed by atoms with E-state index in [0.29, 0.717) is 11.4 Å². The van der Waals surface area contributed by atoms with Crippen molar-refractivity contribution in [1.82, 2.24) is 9.55 Å². The summed E-state index contributed by atoms with van der Waals surface area (Å²) in [5.41, 5.74) is -0.140. The molecule has 2 aromatic rings. The number of nitro benzene ring substituents is 1. The number of nitro groups is 1. The van der Waals surface area contributed by atoms with Gasteiger partial charge in [0.25, 0.3) is 11.2 Å². The molecule has 1 aromatic heterocycles. The van der Waals surface area contributed by atoms with Crippen LogP contribution in [0, 0.1) is 17.0 Å². The standard InChI is InChI=1S/C12H9Cl2N3O3/c1-7-15-11(14)5-12(18)16(7)6-8-2-3-9(13)4-10(8)17(19)20/h2-5H,6H2,1H3. The summed E-state index contributed by atoms with van der Waals surface area (Å²) in [5, 5.41) is 11.4. The van der Waals surface area contributed by atoms with E-state index < -0.39 is 4.92 Å². The maximum atomic E-state index is 11.9. The van der Waals surface area contributed by atoms with Crippen LogP contribution in [-0.4, -0.2) is 14.5 Å². The molecule has 0 aliphatic carbocycles. The summed E-state index contributed by atoms with van der Waals surface area (Å²) in [7, 11) is 0. The van der Waals surface area contributed by atoms with Crippen LogP contribution in [0.2, 0.25) is 10.2 Å². The summed E-state index contributed by atoms with van der Waals surface area (Å²) in [4.78, 5) is 26.3. The number of benzene rings is 1. The number of aryl methyl sites for hydroxylation is 1. The van der Waals surface area contributed by atoms with Crippen LogP contribution in [0.3, 0.4) is 0 Å². The first-order chi connectivity index (χ1) is 9.38. The molecule has 0 saturated heterocycles. The molecule has 0 spiro atoms. The van der Waals surface area contributed by atoms with E-state index >= 15 is 0 Å². The van der Waals surface area contributed by atoms with Crippen LogP contribution in [-0.2, 0) is 6.54 Å². The van der Waals surface area contributed by atoms with Gasteiger partial charge in [-0.1, -0.05) is 23.2 Å². The van der Waals surface area contributed by atoms with Gasteiger partial charge in [-0.05, 0) is 19.1 Å². The van der Waals surface area contributed by atoms with E-state index in [9.17, 15) is 14.9 Å². The highest BCUT2D eigenvalue weighted by Gasteiger charge is 2.16. The van der Waals surface area contributed by atoms with Crippen LogP contribution in [0.1, 0.15) is 11.4 Å². The van der Waals surface area contributed by atoms with Crippen LogP contribution in [0.4, 0.5) is 5.69 Å². The molecule has 0 aliphatic rings. The molecular weight excluding hydrogens is 305 g/mol. The maximum absolute atomic E-state index is 11.9. The predicted octanol–water partition coefficient (Wildman–Crippen LogP) is 2.82. The highest BCUT2D eigenvalue weighted by atomic mass is 35.5. The normalized spacial score (nSPS) is 10.6. The smallest absolute Gasteiger partial charge is 0.275 e. The zero-order valence-electron chi connectivity index (χ0n) is 10.3. The second-order valence-electron chi connectivity index (χ2n) is 4.08. The minimum Gasteiger partial charge on any atom is -0.292 e. The van der Waals surface area contributed by atoms with Crippen molar-refractivity contribution in [3.05, 3.63) is 66.3 Å². The molecule has 0 saturated carbocycles. The lowest BCUT2D eigenvalue weighted by Crippen LogP contribution is -2.23. The van der Waals surface area contributed by atoms with Gasteiger partial charge in [-0.15, -0.1) is 0 Å². The number of aromatic nitrogens is 2. The number of hydrogen-bond donors (Lipinski definition) is 0. The van der Waals surface area contributed by atoms with Crippen LogP contribution >= 0.6 is 23.2 Å². The van der Waals surface area contributed by atoms with E-state index in [2.05, 4.69) is 4.98 Å². The molecule has 0 amide bonds. The Balaban J connectivity index is 2.51. The molecule has 8 heteroatoms. The van der Waals surface area contributed by atoms with Crippen molar-refractivity contribution < 1.29 is 4.92 Å². The molecule has 0 unspecified atom stereocenters. The number of halogens is 2. The lowest BCUT2D eigenvalue weighted by atomic mass is 10.2. The van der Waals surface area contributed by atoms with Crippen LogP contribution in [0.25, 0.3) is 0 Å². The van der Waals surface area contributed by atoms with E-state index in [1.54, 1.807) is 6.92 Å². The first-order valence-corrected chi connectivity index (χ1v) is 6.31. The zero-order valence-corrected chi connectivity index (χ0v) is 11.9. The molecule has 0 fully saturated rings. The molecular formula is C12H9Cl2N3O3. The Morgan fingerprint density at radius 3 is 2.65 bits per heavy atom. The fraction of sp³-hybridized carbons (Fsp3) is 0.167. The fourth-order valence-corrected chi connectivity index (χ4v) is 2.17. The summed E-state index contributed by atoms with van der Waals surface area (Å²) in [6.45, 7) is 1.64. The third-order valence-corrected chi connectivity index (χ3v) is 3.17. The first kappa shape index (κ1) is 14.5. The van der Waals surface area contributed by atoms with Gasteiger partial charge in [-0.2, -0.15) is 0 Å². The Labute approximate surface area is 123 Å². The topological polar surface area (TPSA) is 78.0 Å². The lowest BCUT2D eigenvalue weighted by Gasteiger charge is -2.09. The van der Waals surface area contributed by atoms with Crippen molar-refractivity contribution in [2.45, 2.75) is 13.5 Å². The van der Waals surface area contributed by atoms with Gasteiger partial charge in [0.1, 0.15) is 11.0 Å². The van der Waals surface area contributed by atoms with Gasteiger partial charge in [-0.25, -0.2) is 4.98 Å². The number of rotatable bonds is 3. The average Bonchev–Trinajstić information content (AvgIpc) is 2.34. The Morgan fingerprint density at radius 1 is 1.35 bits per heavy atom. The molecule has 0 aliphatic heterocycles. The molecule has 0 radical (unpaired) electrons. The Kier molecular flexibility index (Phi) is 4.06. The second-order valence-corrected chi connectivity index (χ2v) is 4.90. The summed E-state index contributed by atoms with van der Waals surface area (Å²) >= 11 is 11.4. The minimum absolute atomic E-state index is 0.0301. The molecule has 0 bridgehead atoms. The monoisotopic (exact) mass is 313 g/mol. The van der Waals surface area contributed by atoms with Gasteiger partial charge in [0.05, 0.1) is 11.5 Å². The fourth-order valence-electron chi connectivity index (χ4n) is 1.79. The Hall–Kier alpha value is -1.92. The van der Waals surface area contributed by atoms with Gasteiger partial charge in [0.15, 0.2) is 0 Å². The van der Waals surface area contributed by atoms with Crippen molar-refractivity contribution >= 4 is 28.9 Å². The molecule has 20 heavy (non-hydrogen) atoms. The van der Waals surface area contributed by atoms with E-state index in [-0.39, 0.29) is 28.0 Å². The summed E-state index contributed by atoms with van der Waals surface area (Å²) in [5.74, 6) is 0.381. The molecule has 104 valence electrons. The Morgan fingerprint density at radius 2 is 2.05 bits per heavy atom. The van der Waals surface area contributed by atoms with Crippen LogP contribution in [0.15, 0.2) is 29.1 Å². The van der Waals surface area contributed by atoms with Crippen molar-refractivity contribution in [3.63, 3.8) is 0 Å². The SMILES string of the molecule is Cc1nc(Cl)cc(=O)n1Cc1ccc(Cl)cc1[N+](=O)[O-]. The number of nitrogens with zero attached hydrogens (tertiary/aromatic N) is 3. The molecule has 6 nitrogen and oxygen atoms in total. The van der Waals surface area contributed by atoms with E-state index in [4.69, 9.17) is 23.2 Å². The van der Waals surface area contributed by atoms with Gasteiger partial charge in [-0.3, -0.25) is 19.5 Å². The minimum atomic E-state index is -0.537. The zero-order chi connectivity index (χ0) is 14.9. The lowest BCUT2D eigenvalue weighted by molar-refractivity contribution is -0.385. The molecule has 2 rings (SSSR count). The van der Waals surface area contributed by atoms with Gasteiger partial charge in [0, 0.05) is 22.7 Å². The largest absolute Gasteiger partial charge is 0.292 e. The third-order valence-electron chi connectivity index (χ3n) is 2.74. The second kappa shape index (κ2) is 5.60.